The molecule has 3 N–H and O–H groups in total. The Kier molecular flexibility index (Phi) is 4.82. The maximum atomic E-state index is 12.3. The molecule has 1 fully saturated rings. The molecule has 0 bridgehead atoms. The smallest absolute Gasteiger partial charge is 0.352 e. The average Bonchev–Trinajstić information content (AvgIpc) is 2.94. The summed E-state index contributed by atoms with van der Waals surface area (Å²) in [4.78, 5) is 37.5. The van der Waals surface area contributed by atoms with E-state index in [2.05, 4.69) is 5.32 Å². The van der Waals surface area contributed by atoms with Crippen LogP contribution in [-0.4, -0.2) is 51.6 Å². The Hall–Kier alpha value is -2.67. The van der Waals surface area contributed by atoms with Gasteiger partial charge in [0.1, 0.15) is 5.70 Å². The minimum absolute atomic E-state index is 0.0528. The molecule has 0 aromatic heterocycles. The first kappa shape index (κ1) is 18.1. The van der Waals surface area contributed by atoms with Crippen LogP contribution in [0, 0.1) is 5.92 Å². The largest absolute Gasteiger partial charge is 0.477 e. The van der Waals surface area contributed by atoms with Crippen LogP contribution in [-0.2, 0) is 9.59 Å². The van der Waals surface area contributed by atoms with Crippen LogP contribution in [0.2, 0.25) is 0 Å². The summed E-state index contributed by atoms with van der Waals surface area (Å²) in [5.41, 5.74) is 1.52. The second kappa shape index (κ2) is 6.92. The van der Waals surface area contributed by atoms with Crippen LogP contribution in [0.1, 0.15) is 42.6 Å². The number of nitrogens with one attached hydrogen (secondary N) is 1. The van der Waals surface area contributed by atoms with E-state index < -0.39 is 18.0 Å². The summed E-state index contributed by atoms with van der Waals surface area (Å²) >= 11 is 0. The molecule has 0 radical (unpaired) electrons. The third-order valence-electron chi connectivity index (χ3n) is 4.94. The molecule has 2 heterocycles. The molecule has 3 atom stereocenters. The van der Waals surface area contributed by atoms with Crippen molar-refractivity contribution in [2.75, 3.05) is 6.54 Å². The zero-order chi connectivity index (χ0) is 19.0. The van der Waals surface area contributed by atoms with E-state index in [0.717, 1.165) is 6.42 Å². The summed E-state index contributed by atoms with van der Waals surface area (Å²) in [6.07, 6.45) is 0.340. The van der Waals surface area contributed by atoms with Gasteiger partial charge in [-0.1, -0.05) is 19.1 Å². The van der Waals surface area contributed by atoms with Crippen molar-refractivity contribution in [1.29, 1.82) is 0 Å². The van der Waals surface area contributed by atoms with Crippen LogP contribution in [0.15, 0.2) is 30.0 Å². The quantitative estimate of drug-likeness (QED) is 0.663. The molecule has 7 nitrogen and oxygen atoms in total. The molecule has 26 heavy (non-hydrogen) atoms. The monoisotopic (exact) mass is 358 g/mol. The normalized spacial score (nSPS) is 22.7. The van der Waals surface area contributed by atoms with Gasteiger partial charge in [-0.25, -0.2) is 4.79 Å². The van der Waals surface area contributed by atoms with E-state index in [4.69, 9.17) is 0 Å². The van der Waals surface area contributed by atoms with Crippen molar-refractivity contribution in [3.63, 3.8) is 0 Å². The van der Waals surface area contributed by atoms with Gasteiger partial charge in [0.15, 0.2) is 0 Å². The highest BCUT2D eigenvalue weighted by atomic mass is 16.4. The Bertz CT molecular complexity index is 799. The molecule has 0 saturated carbocycles. The van der Waals surface area contributed by atoms with Crippen molar-refractivity contribution in [1.82, 2.24) is 10.2 Å². The Balaban J connectivity index is 1.95. The molecular formula is C19H22N2O5. The van der Waals surface area contributed by atoms with Gasteiger partial charge in [-0.15, -0.1) is 0 Å². The van der Waals surface area contributed by atoms with E-state index in [1.807, 2.05) is 6.92 Å². The van der Waals surface area contributed by atoms with Gasteiger partial charge >= 0.3 is 5.97 Å². The van der Waals surface area contributed by atoms with E-state index in [-0.39, 0.29) is 23.6 Å². The second-order valence-corrected chi connectivity index (χ2v) is 6.72. The molecule has 1 saturated heterocycles. The third-order valence-corrected chi connectivity index (χ3v) is 4.94. The number of carboxylic acid groups (broad SMARTS) is 1. The zero-order valence-electron chi connectivity index (χ0n) is 14.7. The average molecular weight is 358 g/mol. The summed E-state index contributed by atoms with van der Waals surface area (Å²) in [5, 5.41) is 22.2. The number of β-lactam (4-membered cyclic amide) rings is 1. The van der Waals surface area contributed by atoms with E-state index in [0.29, 0.717) is 29.7 Å². The third kappa shape index (κ3) is 2.88. The standard InChI is InChI=1S/C19H22N2O5/c1-3-7-20-17(23)12-6-4-5-11(8-12)13-9-14-15(10(2)22)18(24)21(14)16(13)19(25)26/h4-6,8,10,14-15,22H,3,7,9H2,1-2H3,(H,20,23)(H,25,26). The Morgan fingerprint density at radius 3 is 2.73 bits per heavy atom. The summed E-state index contributed by atoms with van der Waals surface area (Å²) in [7, 11) is 0. The number of nitrogens with zero attached hydrogens (tertiary/aromatic N) is 1. The maximum Gasteiger partial charge on any atom is 0.352 e. The summed E-state index contributed by atoms with van der Waals surface area (Å²) in [6, 6.07) is 6.41. The topological polar surface area (TPSA) is 107 Å². The minimum atomic E-state index is -1.18. The number of carbonyl (C=O) groups excluding carboxylic acids is 2. The predicted octanol–water partition coefficient (Wildman–Crippen LogP) is 1.23. The van der Waals surface area contributed by atoms with Gasteiger partial charge in [0, 0.05) is 12.1 Å². The first-order chi connectivity index (χ1) is 12.4. The number of aliphatic hydroxyl groups excluding tert-OH is 1. The second-order valence-electron chi connectivity index (χ2n) is 6.72. The molecule has 2 aliphatic heterocycles. The lowest BCUT2D eigenvalue weighted by atomic mass is 9.82. The summed E-state index contributed by atoms with van der Waals surface area (Å²) < 4.78 is 0. The Labute approximate surface area is 151 Å². The molecule has 1 aromatic rings. The van der Waals surface area contributed by atoms with Crippen LogP contribution >= 0.6 is 0 Å². The van der Waals surface area contributed by atoms with Gasteiger partial charge in [0.05, 0.1) is 18.1 Å². The number of rotatable bonds is 6. The molecule has 1 aromatic carbocycles. The molecule has 2 amide bonds. The highest BCUT2D eigenvalue weighted by molar-refractivity contribution is 6.06. The number of carbonyl (C=O) groups is 3. The van der Waals surface area contributed by atoms with Crippen molar-refractivity contribution in [3.8, 4) is 0 Å². The number of hydrogen-bond donors (Lipinski definition) is 3. The van der Waals surface area contributed by atoms with Crippen LogP contribution in [0.4, 0.5) is 0 Å². The van der Waals surface area contributed by atoms with Gasteiger partial charge in [0.25, 0.3) is 5.91 Å². The lowest BCUT2D eigenvalue weighted by molar-refractivity contribution is -0.161. The number of fused-ring (bicyclic) bond motifs is 1. The van der Waals surface area contributed by atoms with Crippen molar-refractivity contribution in [2.24, 2.45) is 5.92 Å². The first-order valence-corrected chi connectivity index (χ1v) is 8.73. The van der Waals surface area contributed by atoms with Gasteiger partial charge < -0.3 is 20.4 Å². The molecule has 7 heteroatoms. The molecule has 138 valence electrons. The molecule has 3 unspecified atom stereocenters. The van der Waals surface area contributed by atoms with E-state index in [1.165, 1.54) is 11.8 Å². The van der Waals surface area contributed by atoms with Crippen molar-refractivity contribution >= 4 is 23.4 Å². The Morgan fingerprint density at radius 1 is 1.38 bits per heavy atom. The molecule has 3 rings (SSSR count). The van der Waals surface area contributed by atoms with Gasteiger partial charge in [-0.2, -0.15) is 0 Å². The number of carboxylic acids is 1. The first-order valence-electron chi connectivity index (χ1n) is 8.73. The lowest BCUT2D eigenvalue weighted by Crippen LogP contribution is -2.61. The highest BCUT2D eigenvalue weighted by Crippen LogP contribution is 2.46. The molecule has 0 spiro atoms. The predicted molar refractivity (Wildman–Crippen MR) is 94.0 cm³/mol. The fourth-order valence-corrected chi connectivity index (χ4v) is 3.72. The molecule has 0 aliphatic carbocycles. The van der Waals surface area contributed by atoms with Gasteiger partial charge in [0.2, 0.25) is 5.91 Å². The highest BCUT2D eigenvalue weighted by Gasteiger charge is 2.56. The van der Waals surface area contributed by atoms with Gasteiger partial charge in [-0.3, -0.25) is 9.59 Å². The van der Waals surface area contributed by atoms with E-state index >= 15 is 0 Å². The number of aliphatic hydroxyl groups is 1. The van der Waals surface area contributed by atoms with Crippen LogP contribution in [0.3, 0.4) is 0 Å². The fraction of sp³-hybridized carbons (Fsp3) is 0.421. The lowest BCUT2D eigenvalue weighted by Gasteiger charge is -2.44. The fourth-order valence-electron chi connectivity index (χ4n) is 3.72. The number of hydrogen-bond acceptors (Lipinski definition) is 4. The van der Waals surface area contributed by atoms with Crippen LogP contribution in [0.25, 0.3) is 5.57 Å². The van der Waals surface area contributed by atoms with Crippen molar-refractivity contribution < 1.29 is 24.6 Å². The van der Waals surface area contributed by atoms with Crippen LogP contribution in [0.5, 0.6) is 0 Å². The number of amides is 2. The van der Waals surface area contributed by atoms with Crippen molar-refractivity contribution in [3.05, 3.63) is 41.1 Å². The van der Waals surface area contributed by atoms with E-state index in [1.54, 1.807) is 24.3 Å². The molecule has 2 aliphatic rings. The summed E-state index contributed by atoms with van der Waals surface area (Å²) in [6.45, 7) is 4.06. The van der Waals surface area contributed by atoms with Gasteiger partial charge in [-0.05, 0) is 43.0 Å². The number of aliphatic carboxylic acids is 1. The van der Waals surface area contributed by atoms with Crippen molar-refractivity contribution in [2.45, 2.75) is 38.8 Å². The SMILES string of the molecule is CCCNC(=O)c1cccc(C2=C(C(=O)O)N3C(=O)C(C(C)O)C3C2)c1. The Morgan fingerprint density at radius 2 is 2.12 bits per heavy atom. The van der Waals surface area contributed by atoms with Crippen LogP contribution < -0.4 is 5.32 Å². The minimum Gasteiger partial charge on any atom is -0.477 e. The zero-order valence-corrected chi connectivity index (χ0v) is 14.7. The summed E-state index contributed by atoms with van der Waals surface area (Å²) in [5.74, 6) is -2.35. The van der Waals surface area contributed by atoms with E-state index in [9.17, 15) is 24.6 Å². The number of benzene rings is 1. The molecular weight excluding hydrogens is 336 g/mol. The maximum absolute atomic E-state index is 12.3.